The number of nitrogens with one attached hydrogen (secondary N) is 2. The molecular formula is C21H32N4OS. The molecule has 148 valence electrons. The van der Waals surface area contributed by atoms with Crippen LogP contribution in [-0.2, 0) is 6.54 Å². The molecule has 0 bridgehead atoms. The molecule has 6 heteroatoms. The summed E-state index contributed by atoms with van der Waals surface area (Å²) in [5, 5.41) is 5.10. The molecule has 0 aliphatic carbocycles. The molecule has 1 heterocycles. The fraction of sp³-hybridized carbons (Fsp3) is 0.524. The Kier molecular flexibility index (Phi) is 7.80. The third-order valence-electron chi connectivity index (χ3n) is 4.42. The Morgan fingerprint density at radius 3 is 2.63 bits per heavy atom. The number of aromatic nitrogens is 1. The van der Waals surface area contributed by atoms with Crippen LogP contribution in [0.2, 0.25) is 0 Å². The quantitative estimate of drug-likeness (QED) is 0.681. The topological polar surface area (TPSA) is 51.4 Å². The van der Waals surface area contributed by atoms with E-state index in [0.717, 1.165) is 48.1 Å². The van der Waals surface area contributed by atoms with Gasteiger partial charge in [0.05, 0.1) is 6.54 Å². The summed E-state index contributed by atoms with van der Waals surface area (Å²) in [5.41, 5.74) is 2.71. The lowest BCUT2D eigenvalue weighted by atomic mass is 10.1. The number of hydrogen-bond acceptors (Lipinski definition) is 3. The first-order valence-corrected chi connectivity index (χ1v) is 9.97. The molecule has 0 spiro atoms. The van der Waals surface area contributed by atoms with Crippen molar-refractivity contribution < 1.29 is 0 Å². The Labute approximate surface area is 167 Å². The summed E-state index contributed by atoms with van der Waals surface area (Å²) in [6.45, 7) is 9.47. The van der Waals surface area contributed by atoms with Gasteiger partial charge in [-0.2, -0.15) is 0 Å². The van der Waals surface area contributed by atoms with Gasteiger partial charge in [-0.05, 0) is 75.2 Å². The average molecular weight is 389 g/mol. The Bertz CT molecular complexity index is 829. The Balaban J connectivity index is 2.20. The summed E-state index contributed by atoms with van der Waals surface area (Å²) in [6, 6.07) is 8.10. The van der Waals surface area contributed by atoms with Crippen molar-refractivity contribution in [1.82, 2.24) is 20.1 Å². The number of aryl methyl sites for hydroxylation is 1. The lowest BCUT2D eigenvalue weighted by molar-refractivity contribution is 0.339. The van der Waals surface area contributed by atoms with Gasteiger partial charge in [0, 0.05) is 24.2 Å². The van der Waals surface area contributed by atoms with Crippen molar-refractivity contribution in [2.24, 2.45) is 5.92 Å². The molecule has 0 aliphatic heterocycles. The number of hydrogen-bond donors (Lipinski definition) is 2. The molecule has 1 aromatic heterocycles. The third kappa shape index (κ3) is 6.63. The molecule has 0 radical (unpaired) electrons. The van der Waals surface area contributed by atoms with Crippen LogP contribution in [-0.4, -0.2) is 53.6 Å². The van der Waals surface area contributed by atoms with Gasteiger partial charge >= 0.3 is 0 Å². The van der Waals surface area contributed by atoms with Crippen molar-refractivity contribution in [3.63, 3.8) is 0 Å². The summed E-state index contributed by atoms with van der Waals surface area (Å²) in [6.07, 6.45) is 0.987. The number of benzene rings is 1. The van der Waals surface area contributed by atoms with Gasteiger partial charge < -0.3 is 20.1 Å². The van der Waals surface area contributed by atoms with E-state index < -0.39 is 0 Å². The predicted octanol–water partition coefficient (Wildman–Crippen LogP) is 3.12. The first-order chi connectivity index (χ1) is 12.8. The Morgan fingerprint density at radius 2 is 1.96 bits per heavy atom. The van der Waals surface area contributed by atoms with Crippen molar-refractivity contribution in [3.05, 3.63) is 45.7 Å². The zero-order valence-corrected chi connectivity index (χ0v) is 17.9. The van der Waals surface area contributed by atoms with E-state index in [-0.39, 0.29) is 5.56 Å². The van der Waals surface area contributed by atoms with Gasteiger partial charge in [0.2, 0.25) is 0 Å². The van der Waals surface area contributed by atoms with Gasteiger partial charge in [-0.3, -0.25) is 4.79 Å². The van der Waals surface area contributed by atoms with Crippen LogP contribution in [0.1, 0.15) is 31.4 Å². The zero-order chi connectivity index (χ0) is 20.0. The maximum Gasteiger partial charge on any atom is 0.253 e. The number of aromatic amines is 1. The van der Waals surface area contributed by atoms with E-state index in [0.29, 0.717) is 17.6 Å². The van der Waals surface area contributed by atoms with E-state index in [1.54, 1.807) is 0 Å². The fourth-order valence-electron chi connectivity index (χ4n) is 2.92. The lowest BCUT2D eigenvalue weighted by Crippen LogP contribution is -2.42. The second-order valence-corrected chi connectivity index (χ2v) is 8.26. The van der Waals surface area contributed by atoms with Crippen molar-refractivity contribution in [1.29, 1.82) is 0 Å². The molecule has 0 atom stereocenters. The Morgan fingerprint density at radius 1 is 1.22 bits per heavy atom. The molecule has 2 N–H and O–H groups in total. The molecule has 0 saturated heterocycles. The number of H-pyrrole nitrogens is 1. The second-order valence-electron chi connectivity index (χ2n) is 7.87. The molecule has 5 nitrogen and oxygen atoms in total. The lowest BCUT2D eigenvalue weighted by Gasteiger charge is -2.27. The van der Waals surface area contributed by atoms with Gasteiger partial charge in [-0.15, -0.1) is 0 Å². The van der Waals surface area contributed by atoms with Gasteiger partial charge in [0.1, 0.15) is 0 Å². The number of rotatable bonds is 8. The van der Waals surface area contributed by atoms with Crippen LogP contribution in [0.3, 0.4) is 0 Å². The van der Waals surface area contributed by atoms with Crippen LogP contribution < -0.4 is 10.9 Å². The molecule has 2 rings (SSSR count). The highest BCUT2D eigenvalue weighted by atomic mass is 32.1. The summed E-state index contributed by atoms with van der Waals surface area (Å²) in [7, 11) is 4.13. The summed E-state index contributed by atoms with van der Waals surface area (Å²) >= 11 is 5.62. The van der Waals surface area contributed by atoms with Crippen LogP contribution in [0.15, 0.2) is 29.1 Å². The van der Waals surface area contributed by atoms with Crippen molar-refractivity contribution >= 4 is 28.2 Å². The highest BCUT2D eigenvalue weighted by Crippen LogP contribution is 2.14. The second kappa shape index (κ2) is 9.85. The maximum atomic E-state index is 12.6. The van der Waals surface area contributed by atoms with Crippen LogP contribution >= 0.6 is 12.2 Å². The average Bonchev–Trinajstić information content (AvgIpc) is 2.59. The predicted molar refractivity (Wildman–Crippen MR) is 118 cm³/mol. The van der Waals surface area contributed by atoms with Crippen LogP contribution in [0.4, 0.5) is 0 Å². The molecule has 1 aromatic carbocycles. The minimum absolute atomic E-state index is 0.0441. The molecular weight excluding hydrogens is 356 g/mol. The summed E-state index contributed by atoms with van der Waals surface area (Å²) in [5.74, 6) is 0.513. The van der Waals surface area contributed by atoms with Crippen molar-refractivity contribution in [2.45, 2.75) is 33.7 Å². The van der Waals surface area contributed by atoms with Crippen LogP contribution in [0, 0.1) is 12.8 Å². The fourth-order valence-corrected chi connectivity index (χ4v) is 3.16. The van der Waals surface area contributed by atoms with E-state index in [1.165, 1.54) is 0 Å². The minimum Gasteiger partial charge on any atom is -0.362 e. The van der Waals surface area contributed by atoms with Crippen LogP contribution in [0.25, 0.3) is 10.9 Å². The maximum absolute atomic E-state index is 12.6. The van der Waals surface area contributed by atoms with Crippen molar-refractivity contribution in [2.75, 3.05) is 33.7 Å². The third-order valence-corrected chi connectivity index (χ3v) is 4.82. The van der Waals surface area contributed by atoms with Crippen LogP contribution in [0.5, 0.6) is 0 Å². The highest BCUT2D eigenvalue weighted by Gasteiger charge is 2.13. The van der Waals surface area contributed by atoms with E-state index in [4.69, 9.17) is 12.2 Å². The van der Waals surface area contributed by atoms with E-state index in [1.807, 2.05) is 19.1 Å². The molecule has 0 saturated carbocycles. The Hall–Kier alpha value is -1.92. The molecule has 0 fully saturated rings. The van der Waals surface area contributed by atoms with Gasteiger partial charge in [-0.1, -0.05) is 26.0 Å². The van der Waals surface area contributed by atoms with Gasteiger partial charge in [-0.25, -0.2) is 0 Å². The molecule has 0 unspecified atom stereocenters. The van der Waals surface area contributed by atoms with E-state index >= 15 is 0 Å². The molecule has 0 aliphatic rings. The molecule has 2 aromatic rings. The normalized spacial score (nSPS) is 11.4. The highest BCUT2D eigenvalue weighted by molar-refractivity contribution is 7.80. The smallest absolute Gasteiger partial charge is 0.253 e. The number of thiocarbonyl (C=S) groups is 1. The standard InChI is InChI=1S/C21H32N4OS/c1-15(2)13-22-21(27)25(10-6-9-24(4)5)14-18-12-17-8-7-16(3)11-19(17)23-20(18)26/h7-8,11-12,15H,6,9-10,13-14H2,1-5H3,(H,22,27)(H,23,26). The van der Waals surface area contributed by atoms with E-state index in [2.05, 4.69) is 60.2 Å². The minimum atomic E-state index is -0.0441. The first kappa shape index (κ1) is 21.4. The van der Waals surface area contributed by atoms with Gasteiger partial charge in [0.15, 0.2) is 5.11 Å². The summed E-state index contributed by atoms with van der Waals surface area (Å²) in [4.78, 5) is 19.9. The SMILES string of the molecule is Cc1ccc2cc(CN(CCCN(C)C)C(=S)NCC(C)C)c(=O)[nH]c2c1. The summed E-state index contributed by atoms with van der Waals surface area (Å²) < 4.78 is 0. The molecule has 0 amide bonds. The zero-order valence-electron chi connectivity index (χ0n) is 17.1. The monoisotopic (exact) mass is 388 g/mol. The van der Waals surface area contributed by atoms with Gasteiger partial charge in [0.25, 0.3) is 5.56 Å². The van der Waals surface area contributed by atoms with Crippen molar-refractivity contribution in [3.8, 4) is 0 Å². The number of nitrogens with zero attached hydrogens (tertiary/aromatic N) is 2. The van der Waals surface area contributed by atoms with E-state index in [9.17, 15) is 4.79 Å². The number of pyridine rings is 1. The molecule has 27 heavy (non-hydrogen) atoms. The number of fused-ring (bicyclic) bond motifs is 1. The first-order valence-electron chi connectivity index (χ1n) is 9.56. The largest absolute Gasteiger partial charge is 0.362 e.